The van der Waals surface area contributed by atoms with Crippen molar-refractivity contribution in [1.82, 2.24) is 4.98 Å². The number of aromatic nitrogens is 1. The number of aromatic hydroxyl groups is 1. The van der Waals surface area contributed by atoms with E-state index in [0.717, 1.165) is 6.07 Å². The van der Waals surface area contributed by atoms with Crippen LogP contribution < -0.4 is 5.73 Å². The fraction of sp³-hybridized carbons (Fsp3) is 0. The lowest BCUT2D eigenvalue weighted by Gasteiger charge is -2.05. The van der Waals surface area contributed by atoms with E-state index in [0.29, 0.717) is 11.1 Å². The van der Waals surface area contributed by atoms with Crippen LogP contribution in [0.25, 0.3) is 11.1 Å². The molecular formula is C12H9FN2O3. The number of phenols is 1. The van der Waals surface area contributed by atoms with Gasteiger partial charge in [-0.1, -0.05) is 0 Å². The van der Waals surface area contributed by atoms with Crippen LogP contribution >= 0.6 is 0 Å². The summed E-state index contributed by atoms with van der Waals surface area (Å²) < 4.78 is 13.1. The van der Waals surface area contributed by atoms with E-state index in [1.807, 2.05) is 0 Å². The molecule has 2 rings (SSSR count). The number of anilines is 1. The molecule has 0 aliphatic carbocycles. The zero-order chi connectivity index (χ0) is 13.3. The summed E-state index contributed by atoms with van der Waals surface area (Å²) in [6.07, 6.45) is 1.32. The highest BCUT2D eigenvalue weighted by Crippen LogP contribution is 2.26. The molecule has 0 bridgehead atoms. The third kappa shape index (κ3) is 2.22. The van der Waals surface area contributed by atoms with E-state index in [9.17, 15) is 14.3 Å². The topological polar surface area (TPSA) is 96.4 Å². The van der Waals surface area contributed by atoms with Crippen molar-refractivity contribution >= 4 is 11.8 Å². The monoisotopic (exact) mass is 248 g/mol. The number of nitrogens with zero attached hydrogens (tertiary/aromatic N) is 1. The summed E-state index contributed by atoms with van der Waals surface area (Å²) in [6, 6.07) is 4.70. The average molecular weight is 248 g/mol. The van der Waals surface area contributed by atoms with E-state index in [1.54, 1.807) is 0 Å². The van der Waals surface area contributed by atoms with Gasteiger partial charge in [-0.3, -0.25) is 0 Å². The molecule has 0 aliphatic heterocycles. The van der Waals surface area contributed by atoms with E-state index in [-0.39, 0.29) is 17.1 Å². The highest BCUT2D eigenvalue weighted by Gasteiger charge is 2.11. The van der Waals surface area contributed by atoms with Crippen LogP contribution in [0, 0.1) is 5.82 Å². The van der Waals surface area contributed by atoms with Gasteiger partial charge >= 0.3 is 5.97 Å². The van der Waals surface area contributed by atoms with Crippen molar-refractivity contribution in [3.63, 3.8) is 0 Å². The quantitative estimate of drug-likeness (QED) is 0.753. The van der Waals surface area contributed by atoms with Gasteiger partial charge in [0, 0.05) is 17.8 Å². The minimum atomic E-state index is -1.22. The van der Waals surface area contributed by atoms with E-state index in [4.69, 9.17) is 10.8 Å². The Morgan fingerprint density at radius 3 is 2.56 bits per heavy atom. The molecule has 18 heavy (non-hydrogen) atoms. The molecule has 6 heteroatoms. The van der Waals surface area contributed by atoms with Crippen LogP contribution in [0.2, 0.25) is 0 Å². The lowest BCUT2D eigenvalue weighted by molar-refractivity contribution is 0.0697. The first kappa shape index (κ1) is 11.8. The van der Waals surface area contributed by atoms with Gasteiger partial charge in [0.1, 0.15) is 22.9 Å². The average Bonchev–Trinajstić information content (AvgIpc) is 2.27. The number of carboxylic acids is 1. The van der Waals surface area contributed by atoms with Crippen LogP contribution in [-0.4, -0.2) is 21.2 Å². The van der Waals surface area contributed by atoms with E-state index < -0.39 is 11.8 Å². The number of aromatic carboxylic acids is 1. The minimum Gasteiger partial charge on any atom is -0.508 e. The molecule has 0 saturated carbocycles. The van der Waals surface area contributed by atoms with Crippen LogP contribution in [-0.2, 0) is 0 Å². The Bertz CT molecular complexity index is 608. The van der Waals surface area contributed by atoms with Crippen molar-refractivity contribution in [2.75, 3.05) is 5.73 Å². The zero-order valence-corrected chi connectivity index (χ0v) is 9.09. The highest BCUT2D eigenvalue weighted by atomic mass is 19.1. The molecule has 0 fully saturated rings. The van der Waals surface area contributed by atoms with Crippen LogP contribution in [0.4, 0.5) is 10.2 Å². The van der Waals surface area contributed by atoms with Crippen LogP contribution in [0.15, 0.2) is 30.5 Å². The van der Waals surface area contributed by atoms with Gasteiger partial charge in [0.05, 0.1) is 0 Å². The zero-order valence-electron chi connectivity index (χ0n) is 9.09. The molecule has 0 atom stereocenters. The van der Waals surface area contributed by atoms with Gasteiger partial charge < -0.3 is 15.9 Å². The highest BCUT2D eigenvalue weighted by molar-refractivity contribution is 5.94. The second-order valence-electron chi connectivity index (χ2n) is 3.66. The summed E-state index contributed by atoms with van der Waals surface area (Å²) in [5, 5.41) is 18.2. The van der Waals surface area contributed by atoms with Crippen molar-refractivity contribution in [1.29, 1.82) is 0 Å². The Hall–Kier alpha value is -2.63. The maximum atomic E-state index is 13.1. The largest absolute Gasteiger partial charge is 0.508 e. The summed E-state index contributed by atoms with van der Waals surface area (Å²) in [5.74, 6) is -2.22. The number of carboxylic acid groups (broad SMARTS) is 1. The molecule has 2 aromatic rings. The summed E-state index contributed by atoms with van der Waals surface area (Å²) in [4.78, 5) is 14.6. The smallest absolute Gasteiger partial charge is 0.339 e. The van der Waals surface area contributed by atoms with Crippen molar-refractivity contribution in [2.45, 2.75) is 0 Å². The first-order valence-electron chi connectivity index (χ1n) is 4.96. The van der Waals surface area contributed by atoms with E-state index in [1.165, 1.54) is 24.4 Å². The minimum absolute atomic E-state index is 0.119. The third-order valence-corrected chi connectivity index (χ3v) is 2.36. The molecule has 5 nitrogen and oxygen atoms in total. The Kier molecular flexibility index (Phi) is 2.85. The standard InChI is InChI=1S/C12H9FN2O3/c13-8-1-6(2-9(16)4-8)7-3-10(12(17)18)11(14)15-5-7/h1-5,16H,(H2,14,15)(H,17,18). The fourth-order valence-corrected chi connectivity index (χ4v) is 1.55. The van der Waals surface area contributed by atoms with E-state index >= 15 is 0 Å². The first-order valence-corrected chi connectivity index (χ1v) is 4.96. The Labute approximate surface area is 101 Å². The molecule has 1 heterocycles. The van der Waals surface area contributed by atoms with Crippen LogP contribution in [0.1, 0.15) is 10.4 Å². The van der Waals surface area contributed by atoms with E-state index in [2.05, 4.69) is 4.98 Å². The number of carbonyl (C=O) groups is 1. The second-order valence-corrected chi connectivity index (χ2v) is 3.66. The molecule has 0 unspecified atom stereocenters. The number of nitrogens with two attached hydrogens (primary N) is 1. The molecule has 0 spiro atoms. The summed E-state index contributed by atoms with van der Waals surface area (Å²) in [6.45, 7) is 0. The van der Waals surface area contributed by atoms with Crippen molar-refractivity contribution in [2.24, 2.45) is 0 Å². The van der Waals surface area contributed by atoms with Crippen LogP contribution in [0.3, 0.4) is 0 Å². The SMILES string of the molecule is Nc1ncc(-c2cc(O)cc(F)c2)cc1C(=O)O. The number of rotatable bonds is 2. The molecule has 1 aromatic heterocycles. The summed E-state index contributed by atoms with van der Waals surface area (Å²) in [7, 11) is 0. The number of phenolic OH excluding ortho intramolecular Hbond substituents is 1. The van der Waals surface area contributed by atoms with Gasteiger partial charge in [0.25, 0.3) is 0 Å². The molecule has 0 saturated heterocycles. The number of hydrogen-bond acceptors (Lipinski definition) is 4. The summed E-state index contributed by atoms with van der Waals surface area (Å²) in [5.41, 5.74) is 5.92. The number of pyridine rings is 1. The molecule has 4 N–H and O–H groups in total. The second kappa shape index (κ2) is 4.33. The van der Waals surface area contributed by atoms with Crippen LogP contribution in [0.5, 0.6) is 5.75 Å². The number of nitrogen functional groups attached to an aromatic ring is 1. The maximum Gasteiger partial charge on any atom is 0.339 e. The molecule has 0 radical (unpaired) electrons. The molecule has 0 amide bonds. The maximum absolute atomic E-state index is 13.1. The van der Waals surface area contributed by atoms with Gasteiger partial charge in [-0.25, -0.2) is 14.2 Å². The number of hydrogen-bond donors (Lipinski definition) is 3. The lowest BCUT2D eigenvalue weighted by Crippen LogP contribution is -2.04. The lowest BCUT2D eigenvalue weighted by atomic mass is 10.1. The van der Waals surface area contributed by atoms with Gasteiger partial charge in [0.2, 0.25) is 0 Å². The summed E-state index contributed by atoms with van der Waals surface area (Å²) >= 11 is 0. The Balaban J connectivity index is 2.57. The van der Waals surface area contributed by atoms with Crippen molar-refractivity contribution in [3.05, 3.63) is 41.8 Å². The van der Waals surface area contributed by atoms with Gasteiger partial charge in [0.15, 0.2) is 0 Å². The van der Waals surface area contributed by atoms with Crippen molar-refractivity contribution < 1.29 is 19.4 Å². The first-order chi connectivity index (χ1) is 8.47. The third-order valence-electron chi connectivity index (χ3n) is 2.36. The fourth-order valence-electron chi connectivity index (χ4n) is 1.55. The molecular weight excluding hydrogens is 239 g/mol. The molecule has 92 valence electrons. The Morgan fingerprint density at radius 1 is 1.22 bits per heavy atom. The predicted molar refractivity (Wildman–Crippen MR) is 62.7 cm³/mol. The molecule has 0 aliphatic rings. The van der Waals surface area contributed by atoms with Gasteiger partial charge in [-0.15, -0.1) is 0 Å². The predicted octanol–water partition coefficient (Wildman–Crippen LogP) is 1.87. The van der Waals surface area contributed by atoms with Crippen molar-refractivity contribution in [3.8, 4) is 16.9 Å². The number of benzene rings is 1. The molecule has 1 aromatic carbocycles. The normalized spacial score (nSPS) is 10.3. The number of halogens is 1. The van der Waals surface area contributed by atoms with Gasteiger partial charge in [-0.05, 0) is 23.8 Å². The Morgan fingerprint density at radius 2 is 1.94 bits per heavy atom. The van der Waals surface area contributed by atoms with Gasteiger partial charge in [-0.2, -0.15) is 0 Å².